The first-order valence-corrected chi connectivity index (χ1v) is 12.2. The summed E-state index contributed by atoms with van der Waals surface area (Å²) in [6, 6.07) is 20.7. The summed E-state index contributed by atoms with van der Waals surface area (Å²) in [6.07, 6.45) is 1.63. The number of hydrogen-bond donors (Lipinski definition) is 0. The minimum absolute atomic E-state index is 0.0207. The number of rotatable bonds is 4. The van der Waals surface area contributed by atoms with Crippen LogP contribution in [-0.2, 0) is 17.8 Å². The van der Waals surface area contributed by atoms with Crippen LogP contribution in [0.3, 0.4) is 0 Å². The van der Waals surface area contributed by atoms with Crippen molar-refractivity contribution in [1.29, 1.82) is 0 Å². The monoisotopic (exact) mass is 467 g/mol. The second-order valence-electron chi connectivity index (χ2n) is 9.67. The van der Waals surface area contributed by atoms with Gasteiger partial charge in [-0.2, -0.15) is 5.10 Å². The molecule has 0 radical (unpaired) electrons. The third-order valence-corrected chi connectivity index (χ3v) is 7.22. The number of fused-ring (bicyclic) bond motifs is 2. The topological polar surface area (TPSA) is 54.4 Å². The van der Waals surface area contributed by atoms with Crippen molar-refractivity contribution in [2.75, 3.05) is 19.9 Å². The highest BCUT2D eigenvalue weighted by molar-refractivity contribution is 6.04. The van der Waals surface area contributed by atoms with Crippen molar-refractivity contribution < 1.29 is 14.3 Å². The van der Waals surface area contributed by atoms with E-state index in [-0.39, 0.29) is 18.7 Å². The third-order valence-electron chi connectivity index (χ3n) is 7.22. The molecule has 35 heavy (non-hydrogen) atoms. The predicted molar refractivity (Wildman–Crippen MR) is 135 cm³/mol. The number of hydrazone groups is 1. The zero-order chi connectivity index (χ0) is 23.9. The van der Waals surface area contributed by atoms with E-state index in [0.29, 0.717) is 13.0 Å². The van der Waals surface area contributed by atoms with Crippen LogP contribution < -0.4 is 9.47 Å². The number of nitrogens with zero attached hydrogens (tertiary/aromatic N) is 3. The fourth-order valence-electron chi connectivity index (χ4n) is 5.28. The molecular formula is C29H29N3O3. The molecule has 6 heteroatoms. The van der Waals surface area contributed by atoms with Crippen LogP contribution in [0.5, 0.6) is 11.5 Å². The summed E-state index contributed by atoms with van der Waals surface area (Å²) in [7, 11) is 0. The number of hydrogen-bond acceptors (Lipinski definition) is 5. The molecule has 1 atom stereocenters. The summed E-state index contributed by atoms with van der Waals surface area (Å²) in [5.74, 6) is 1.49. The molecule has 6 rings (SSSR count). The van der Waals surface area contributed by atoms with Gasteiger partial charge in [0.2, 0.25) is 6.79 Å². The van der Waals surface area contributed by atoms with E-state index in [9.17, 15) is 4.79 Å². The average Bonchev–Trinajstić information content (AvgIpc) is 3.52. The van der Waals surface area contributed by atoms with Gasteiger partial charge in [-0.3, -0.25) is 9.69 Å². The zero-order valence-corrected chi connectivity index (χ0v) is 20.2. The van der Waals surface area contributed by atoms with E-state index in [1.807, 2.05) is 18.2 Å². The van der Waals surface area contributed by atoms with Crippen LogP contribution in [0, 0.1) is 13.8 Å². The van der Waals surface area contributed by atoms with Gasteiger partial charge in [0.25, 0.3) is 5.91 Å². The van der Waals surface area contributed by atoms with E-state index in [1.165, 1.54) is 22.3 Å². The van der Waals surface area contributed by atoms with E-state index < -0.39 is 0 Å². The maximum atomic E-state index is 13.7. The van der Waals surface area contributed by atoms with Gasteiger partial charge < -0.3 is 9.47 Å². The molecule has 3 aromatic rings. The molecule has 0 aromatic heterocycles. The van der Waals surface area contributed by atoms with E-state index >= 15 is 0 Å². The minimum atomic E-state index is -0.177. The molecule has 3 aromatic carbocycles. The summed E-state index contributed by atoms with van der Waals surface area (Å²) in [4.78, 5) is 15.9. The van der Waals surface area contributed by atoms with Gasteiger partial charge in [-0.15, -0.1) is 0 Å². The van der Waals surface area contributed by atoms with Crippen molar-refractivity contribution >= 4 is 11.6 Å². The normalized spacial score (nSPS) is 19.0. The molecule has 0 saturated heterocycles. The van der Waals surface area contributed by atoms with Crippen LogP contribution in [0.15, 0.2) is 65.8 Å². The van der Waals surface area contributed by atoms with Crippen molar-refractivity contribution in [3.05, 3.63) is 94.0 Å². The summed E-state index contributed by atoms with van der Waals surface area (Å²) in [5.41, 5.74) is 8.11. The molecule has 0 bridgehead atoms. The number of benzene rings is 3. The number of amides is 1. The highest BCUT2D eigenvalue weighted by Crippen LogP contribution is 2.39. The van der Waals surface area contributed by atoms with Crippen molar-refractivity contribution in [1.82, 2.24) is 9.91 Å². The fraction of sp³-hybridized carbons (Fsp3) is 0.310. The lowest BCUT2D eigenvalue weighted by Gasteiger charge is -2.30. The number of aryl methyl sites for hydroxylation is 2. The lowest BCUT2D eigenvalue weighted by Crippen LogP contribution is -2.40. The summed E-state index contributed by atoms with van der Waals surface area (Å²) < 4.78 is 11.1. The Hall–Kier alpha value is -3.64. The predicted octanol–water partition coefficient (Wildman–Crippen LogP) is 4.77. The van der Waals surface area contributed by atoms with Gasteiger partial charge in [-0.05, 0) is 60.7 Å². The molecule has 3 aliphatic rings. The summed E-state index contributed by atoms with van der Waals surface area (Å²) >= 11 is 0. The van der Waals surface area contributed by atoms with Gasteiger partial charge in [0.1, 0.15) is 0 Å². The molecular weight excluding hydrogens is 438 g/mol. The van der Waals surface area contributed by atoms with Crippen molar-refractivity contribution in [3.8, 4) is 11.5 Å². The van der Waals surface area contributed by atoms with Gasteiger partial charge in [-0.1, -0.05) is 48.0 Å². The average molecular weight is 468 g/mol. The maximum Gasteiger partial charge on any atom is 0.257 e. The molecule has 1 amide bonds. The number of ether oxygens (including phenoxy) is 2. The molecule has 1 unspecified atom stereocenters. The van der Waals surface area contributed by atoms with Gasteiger partial charge >= 0.3 is 0 Å². The van der Waals surface area contributed by atoms with Gasteiger partial charge in [0.15, 0.2) is 11.5 Å². The molecule has 178 valence electrons. The molecule has 0 spiro atoms. The zero-order valence-electron chi connectivity index (χ0n) is 20.2. The Morgan fingerprint density at radius 2 is 1.83 bits per heavy atom. The first-order valence-electron chi connectivity index (χ1n) is 12.2. The molecule has 0 N–H and O–H groups in total. The van der Waals surface area contributed by atoms with Crippen LogP contribution >= 0.6 is 0 Å². The smallest absolute Gasteiger partial charge is 0.257 e. The Kier molecular flexibility index (Phi) is 5.53. The van der Waals surface area contributed by atoms with E-state index in [4.69, 9.17) is 14.6 Å². The summed E-state index contributed by atoms with van der Waals surface area (Å²) in [5, 5.41) is 6.63. The standard InChI is InChI=1S/C29H29N3O3/c1-19-7-8-20(2)24(13-19)25-15-26(22-9-10-27-28(14-22)35-18-34-27)32(30-25)29(33)17-31-12-11-21-5-3-4-6-23(21)16-31/h3-10,13-14,26H,11-12,15-18H2,1-2H3. The molecule has 0 saturated carbocycles. The summed E-state index contributed by atoms with van der Waals surface area (Å²) in [6.45, 7) is 6.43. The van der Waals surface area contributed by atoms with Crippen LogP contribution in [0.4, 0.5) is 0 Å². The Bertz CT molecular complexity index is 1330. The van der Waals surface area contributed by atoms with Crippen molar-refractivity contribution in [3.63, 3.8) is 0 Å². The highest BCUT2D eigenvalue weighted by atomic mass is 16.7. The van der Waals surface area contributed by atoms with Gasteiger partial charge in [0.05, 0.1) is 18.3 Å². The second kappa shape index (κ2) is 8.86. The van der Waals surface area contributed by atoms with Crippen molar-refractivity contribution in [2.45, 2.75) is 39.3 Å². The minimum Gasteiger partial charge on any atom is -0.454 e. The Morgan fingerprint density at radius 3 is 2.71 bits per heavy atom. The van der Waals surface area contributed by atoms with E-state index in [0.717, 1.165) is 47.8 Å². The molecule has 0 aliphatic carbocycles. The first-order chi connectivity index (χ1) is 17.0. The van der Waals surface area contributed by atoms with Crippen LogP contribution in [0.1, 0.15) is 45.8 Å². The Balaban J connectivity index is 1.30. The van der Waals surface area contributed by atoms with Crippen LogP contribution in [0.2, 0.25) is 0 Å². The Labute approximate surface area is 205 Å². The Morgan fingerprint density at radius 1 is 1.00 bits per heavy atom. The maximum absolute atomic E-state index is 13.7. The van der Waals surface area contributed by atoms with E-state index in [2.05, 4.69) is 61.2 Å². The number of carbonyl (C=O) groups is 1. The van der Waals surface area contributed by atoms with Crippen molar-refractivity contribution in [2.24, 2.45) is 5.10 Å². The highest BCUT2D eigenvalue weighted by Gasteiger charge is 2.35. The largest absolute Gasteiger partial charge is 0.454 e. The molecule has 3 aliphatic heterocycles. The molecule has 3 heterocycles. The third kappa shape index (κ3) is 4.19. The fourth-order valence-corrected chi connectivity index (χ4v) is 5.28. The quantitative estimate of drug-likeness (QED) is 0.555. The number of carbonyl (C=O) groups excluding carboxylic acids is 1. The second-order valence-corrected chi connectivity index (χ2v) is 9.67. The molecule has 6 nitrogen and oxygen atoms in total. The SMILES string of the molecule is Cc1ccc(C)c(C2=NN(C(=O)CN3CCc4ccccc4C3)C(c3ccc4c(c3)OCO4)C2)c1. The first kappa shape index (κ1) is 21.9. The van der Waals surface area contributed by atoms with E-state index in [1.54, 1.807) is 5.01 Å². The van der Waals surface area contributed by atoms with Crippen LogP contribution in [0.25, 0.3) is 0 Å². The van der Waals surface area contributed by atoms with Gasteiger partial charge in [-0.25, -0.2) is 5.01 Å². The van der Waals surface area contributed by atoms with Gasteiger partial charge in [0, 0.05) is 25.1 Å². The molecule has 0 fully saturated rings. The lowest BCUT2D eigenvalue weighted by atomic mass is 9.95. The lowest BCUT2D eigenvalue weighted by molar-refractivity contribution is -0.134. The van der Waals surface area contributed by atoms with Crippen LogP contribution in [-0.4, -0.2) is 41.4 Å².